The molecule has 2 nitrogen and oxygen atoms in total. The molecule has 0 bridgehead atoms. The molecule has 1 aliphatic heterocycles. The van der Waals surface area contributed by atoms with Crippen molar-refractivity contribution < 1.29 is 0 Å². The predicted molar refractivity (Wildman–Crippen MR) is 106 cm³/mol. The highest BCUT2D eigenvalue weighted by Gasteiger charge is 2.35. The van der Waals surface area contributed by atoms with Crippen LogP contribution in [0.3, 0.4) is 0 Å². The van der Waals surface area contributed by atoms with Crippen molar-refractivity contribution in [1.29, 1.82) is 0 Å². The summed E-state index contributed by atoms with van der Waals surface area (Å²) in [5, 5.41) is 0. The summed E-state index contributed by atoms with van der Waals surface area (Å²) < 4.78 is 0. The average molecular weight is 331 g/mol. The minimum absolute atomic E-state index is 0.453. The van der Waals surface area contributed by atoms with Crippen LogP contribution in [0, 0.1) is 31.6 Å². The molecule has 0 N–H and O–H groups in total. The highest BCUT2D eigenvalue weighted by Crippen LogP contribution is 2.45. The van der Waals surface area contributed by atoms with Crippen LogP contribution in [0.25, 0.3) is 0 Å². The van der Waals surface area contributed by atoms with E-state index in [2.05, 4.69) is 74.1 Å². The maximum absolute atomic E-state index is 5.05. The molecule has 0 aliphatic carbocycles. The van der Waals surface area contributed by atoms with E-state index in [0.29, 0.717) is 29.7 Å². The SMILES string of the molecule is Cc1nc(C(C)C)c2c(c1C)[C@H](C)[C@H](C)[C@H](C)[C@H](C)CN2C(C)C. The number of fused-ring (bicyclic) bond motifs is 1. The Morgan fingerprint density at radius 2 is 1.54 bits per heavy atom. The second kappa shape index (κ2) is 7.06. The van der Waals surface area contributed by atoms with Gasteiger partial charge in [0, 0.05) is 18.3 Å². The van der Waals surface area contributed by atoms with Crippen LogP contribution in [0.15, 0.2) is 0 Å². The Kier molecular flexibility index (Phi) is 5.67. The molecule has 2 heterocycles. The average Bonchev–Trinajstić information content (AvgIpc) is 2.51. The number of aromatic nitrogens is 1. The number of anilines is 1. The Morgan fingerprint density at radius 3 is 2.04 bits per heavy atom. The second-order valence-corrected chi connectivity index (χ2v) is 8.85. The molecule has 0 spiro atoms. The van der Waals surface area contributed by atoms with Gasteiger partial charge in [0.05, 0.1) is 11.4 Å². The van der Waals surface area contributed by atoms with Crippen LogP contribution in [0.5, 0.6) is 0 Å². The number of nitrogens with zero attached hydrogens (tertiary/aromatic N) is 2. The molecule has 0 fully saturated rings. The molecule has 0 unspecified atom stereocenters. The summed E-state index contributed by atoms with van der Waals surface area (Å²) in [4.78, 5) is 7.70. The van der Waals surface area contributed by atoms with Crippen molar-refractivity contribution in [2.75, 3.05) is 11.4 Å². The van der Waals surface area contributed by atoms with Crippen molar-refractivity contribution >= 4 is 5.69 Å². The van der Waals surface area contributed by atoms with Crippen molar-refractivity contribution in [3.05, 3.63) is 22.5 Å². The van der Waals surface area contributed by atoms with Crippen LogP contribution in [0.2, 0.25) is 0 Å². The van der Waals surface area contributed by atoms with Gasteiger partial charge in [-0.2, -0.15) is 0 Å². The van der Waals surface area contributed by atoms with Gasteiger partial charge in [-0.15, -0.1) is 0 Å². The molecule has 0 aromatic carbocycles. The Bertz CT molecular complexity index is 588. The first-order valence-electron chi connectivity index (χ1n) is 9.85. The lowest BCUT2D eigenvalue weighted by atomic mass is 9.72. The zero-order chi connectivity index (χ0) is 18.3. The van der Waals surface area contributed by atoms with Gasteiger partial charge in [-0.05, 0) is 68.4 Å². The van der Waals surface area contributed by atoms with E-state index in [9.17, 15) is 0 Å². The van der Waals surface area contributed by atoms with Gasteiger partial charge in [0.1, 0.15) is 0 Å². The van der Waals surface area contributed by atoms with E-state index in [0.717, 1.165) is 12.5 Å². The van der Waals surface area contributed by atoms with E-state index < -0.39 is 0 Å². The largest absolute Gasteiger partial charge is 0.367 e. The van der Waals surface area contributed by atoms with Crippen LogP contribution in [-0.4, -0.2) is 17.6 Å². The maximum Gasteiger partial charge on any atom is 0.0668 e. The third-order valence-electron chi connectivity index (χ3n) is 6.65. The molecular weight excluding hydrogens is 292 g/mol. The molecule has 1 aliphatic rings. The smallest absolute Gasteiger partial charge is 0.0668 e. The minimum Gasteiger partial charge on any atom is -0.367 e. The first kappa shape index (κ1) is 19.3. The molecular formula is C22H38N2. The van der Waals surface area contributed by atoms with Crippen molar-refractivity contribution in [3.63, 3.8) is 0 Å². The summed E-state index contributed by atoms with van der Waals surface area (Å²) >= 11 is 0. The van der Waals surface area contributed by atoms with Crippen molar-refractivity contribution in [3.8, 4) is 0 Å². The van der Waals surface area contributed by atoms with Crippen LogP contribution in [-0.2, 0) is 0 Å². The van der Waals surface area contributed by atoms with Crippen molar-refractivity contribution in [2.45, 2.75) is 87.1 Å². The van der Waals surface area contributed by atoms with E-state index in [1.54, 1.807) is 5.56 Å². The Balaban J connectivity index is 2.83. The van der Waals surface area contributed by atoms with Gasteiger partial charge in [0.2, 0.25) is 0 Å². The fraction of sp³-hybridized carbons (Fsp3) is 0.773. The minimum atomic E-state index is 0.453. The number of pyridine rings is 1. The summed E-state index contributed by atoms with van der Waals surface area (Å²) in [5.41, 5.74) is 6.91. The van der Waals surface area contributed by atoms with E-state index >= 15 is 0 Å². The molecule has 0 amide bonds. The summed E-state index contributed by atoms with van der Waals surface area (Å²) in [5.74, 6) is 3.13. The van der Waals surface area contributed by atoms with Crippen LogP contribution < -0.4 is 4.90 Å². The third-order valence-corrected chi connectivity index (χ3v) is 6.65. The summed E-state index contributed by atoms with van der Waals surface area (Å²) in [6, 6.07) is 0.500. The standard InChI is InChI=1S/C22H38N2/c1-12(2)21-22-20(18(9)19(10)23-21)17(8)16(7)15(6)14(5)11-24(22)13(3)4/h12-17H,11H2,1-10H3/t14-,15-,16-,17-/m1/s1. The normalized spacial score (nSPS) is 28.1. The van der Waals surface area contributed by atoms with Gasteiger partial charge in [-0.25, -0.2) is 0 Å². The molecule has 0 saturated carbocycles. The Hall–Kier alpha value is -1.05. The Labute approximate surface area is 150 Å². The third kappa shape index (κ3) is 3.21. The topological polar surface area (TPSA) is 16.1 Å². The van der Waals surface area contributed by atoms with E-state index in [1.165, 1.54) is 22.6 Å². The van der Waals surface area contributed by atoms with Gasteiger partial charge < -0.3 is 4.90 Å². The van der Waals surface area contributed by atoms with Gasteiger partial charge in [-0.1, -0.05) is 41.5 Å². The highest BCUT2D eigenvalue weighted by molar-refractivity contribution is 5.64. The number of hydrogen-bond donors (Lipinski definition) is 0. The number of rotatable bonds is 2. The summed E-state index contributed by atoms with van der Waals surface area (Å²) in [7, 11) is 0. The molecule has 24 heavy (non-hydrogen) atoms. The van der Waals surface area contributed by atoms with E-state index in [-0.39, 0.29) is 0 Å². The quantitative estimate of drug-likeness (QED) is 0.655. The highest BCUT2D eigenvalue weighted by atomic mass is 15.2. The number of aryl methyl sites for hydroxylation is 1. The Morgan fingerprint density at radius 1 is 0.958 bits per heavy atom. The van der Waals surface area contributed by atoms with Crippen molar-refractivity contribution in [1.82, 2.24) is 4.98 Å². The lowest BCUT2D eigenvalue weighted by Gasteiger charge is -2.44. The van der Waals surface area contributed by atoms with Crippen LogP contribution in [0.1, 0.15) is 89.7 Å². The second-order valence-electron chi connectivity index (χ2n) is 8.85. The molecule has 1 aromatic rings. The zero-order valence-electron chi connectivity index (χ0n) is 17.6. The van der Waals surface area contributed by atoms with Gasteiger partial charge in [-0.3, -0.25) is 4.98 Å². The number of hydrogen-bond acceptors (Lipinski definition) is 2. The predicted octanol–water partition coefficient (Wildman–Crippen LogP) is 6.06. The fourth-order valence-electron chi connectivity index (χ4n) is 4.36. The van der Waals surface area contributed by atoms with Gasteiger partial charge in [0.15, 0.2) is 0 Å². The molecule has 0 saturated heterocycles. The summed E-state index contributed by atoms with van der Waals surface area (Å²) in [6.45, 7) is 24.6. The summed E-state index contributed by atoms with van der Waals surface area (Å²) in [6.07, 6.45) is 0. The molecule has 2 heteroatoms. The van der Waals surface area contributed by atoms with Gasteiger partial charge in [0.25, 0.3) is 0 Å². The first-order chi connectivity index (χ1) is 11.1. The first-order valence-corrected chi connectivity index (χ1v) is 9.85. The van der Waals surface area contributed by atoms with Crippen LogP contribution >= 0.6 is 0 Å². The zero-order valence-corrected chi connectivity index (χ0v) is 17.6. The maximum atomic E-state index is 5.05. The fourth-order valence-corrected chi connectivity index (χ4v) is 4.36. The van der Waals surface area contributed by atoms with Crippen molar-refractivity contribution in [2.24, 2.45) is 17.8 Å². The van der Waals surface area contributed by atoms with Gasteiger partial charge >= 0.3 is 0 Å². The molecule has 0 radical (unpaired) electrons. The monoisotopic (exact) mass is 330 g/mol. The molecule has 2 rings (SSSR count). The lowest BCUT2D eigenvalue weighted by Crippen LogP contribution is -2.42. The molecule has 1 aromatic heterocycles. The molecule has 4 atom stereocenters. The van der Waals surface area contributed by atoms with E-state index in [1.807, 2.05) is 0 Å². The molecule has 136 valence electrons. The van der Waals surface area contributed by atoms with E-state index in [4.69, 9.17) is 4.98 Å². The van der Waals surface area contributed by atoms with Crippen LogP contribution in [0.4, 0.5) is 5.69 Å². The lowest BCUT2D eigenvalue weighted by molar-refractivity contribution is 0.242.